The molecule has 0 heterocycles. The van der Waals surface area contributed by atoms with Crippen LogP contribution in [-0.2, 0) is 0 Å². The molecule has 0 unspecified atom stereocenters. The van der Waals surface area contributed by atoms with Gasteiger partial charge in [0, 0.05) is 5.56 Å². The lowest BCUT2D eigenvalue weighted by Gasteiger charge is -2.14. The van der Waals surface area contributed by atoms with Gasteiger partial charge in [-0.15, -0.1) is 0 Å². The Kier molecular flexibility index (Phi) is 2.78. The number of carbonyl (C=O) groups is 1. The third-order valence-corrected chi connectivity index (χ3v) is 3.14. The number of nitrogen functional groups attached to an aromatic ring is 1. The SMILES string of the molecule is Nc1cc(C(=O)NC2(CO)CC2)ccc1Cl. The second-order valence-electron chi connectivity index (χ2n) is 4.13. The number of anilines is 1. The molecule has 1 aliphatic carbocycles. The third kappa shape index (κ3) is 2.13. The summed E-state index contributed by atoms with van der Waals surface area (Å²) in [6.45, 7) is -0.0260. The maximum Gasteiger partial charge on any atom is 0.251 e. The van der Waals surface area contributed by atoms with Crippen LogP contribution in [0.1, 0.15) is 23.2 Å². The van der Waals surface area contributed by atoms with Crippen LogP contribution in [0.25, 0.3) is 0 Å². The van der Waals surface area contributed by atoms with Gasteiger partial charge in [-0.25, -0.2) is 0 Å². The first-order valence-corrected chi connectivity index (χ1v) is 5.42. The lowest BCUT2D eigenvalue weighted by atomic mass is 10.1. The summed E-state index contributed by atoms with van der Waals surface area (Å²) in [7, 11) is 0. The lowest BCUT2D eigenvalue weighted by Crippen LogP contribution is -2.39. The normalized spacial score (nSPS) is 16.9. The highest BCUT2D eigenvalue weighted by Gasteiger charge is 2.43. The van der Waals surface area contributed by atoms with Gasteiger partial charge in [0.05, 0.1) is 22.9 Å². The highest BCUT2D eigenvalue weighted by Crippen LogP contribution is 2.35. The molecule has 0 radical (unpaired) electrons. The summed E-state index contributed by atoms with van der Waals surface area (Å²) in [5, 5.41) is 12.3. The number of rotatable bonds is 3. The van der Waals surface area contributed by atoms with Crippen molar-refractivity contribution in [2.24, 2.45) is 0 Å². The first kappa shape index (κ1) is 11.2. The number of benzene rings is 1. The molecule has 5 heteroatoms. The summed E-state index contributed by atoms with van der Waals surface area (Å²) in [6, 6.07) is 4.73. The fourth-order valence-corrected chi connectivity index (χ4v) is 1.59. The van der Waals surface area contributed by atoms with E-state index in [1.807, 2.05) is 0 Å². The number of hydrogen-bond donors (Lipinski definition) is 3. The van der Waals surface area contributed by atoms with Crippen LogP contribution in [0, 0.1) is 0 Å². The predicted molar refractivity (Wildman–Crippen MR) is 62.4 cm³/mol. The van der Waals surface area contributed by atoms with Crippen LogP contribution in [0.3, 0.4) is 0 Å². The van der Waals surface area contributed by atoms with E-state index in [-0.39, 0.29) is 12.5 Å². The Morgan fingerprint density at radius 1 is 1.56 bits per heavy atom. The Morgan fingerprint density at radius 2 is 2.25 bits per heavy atom. The van der Waals surface area contributed by atoms with Gasteiger partial charge in [-0.05, 0) is 31.0 Å². The van der Waals surface area contributed by atoms with Crippen LogP contribution in [0.5, 0.6) is 0 Å². The van der Waals surface area contributed by atoms with Crippen LogP contribution < -0.4 is 11.1 Å². The van der Waals surface area contributed by atoms with E-state index < -0.39 is 5.54 Å². The zero-order valence-corrected chi connectivity index (χ0v) is 9.42. The average molecular weight is 241 g/mol. The number of aliphatic hydroxyl groups excluding tert-OH is 1. The van der Waals surface area contributed by atoms with Crippen LogP contribution in [0.4, 0.5) is 5.69 Å². The van der Waals surface area contributed by atoms with Gasteiger partial charge >= 0.3 is 0 Å². The second kappa shape index (κ2) is 3.96. The minimum Gasteiger partial charge on any atom is -0.398 e. The molecule has 1 amide bonds. The highest BCUT2D eigenvalue weighted by molar-refractivity contribution is 6.33. The Balaban J connectivity index is 2.12. The fraction of sp³-hybridized carbons (Fsp3) is 0.364. The van der Waals surface area contributed by atoms with E-state index in [0.717, 1.165) is 12.8 Å². The van der Waals surface area contributed by atoms with Crippen molar-refractivity contribution in [3.05, 3.63) is 28.8 Å². The summed E-state index contributed by atoms with van der Waals surface area (Å²) < 4.78 is 0. The molecule has 1 saturated carbocycles. The highest BCUT2D eigenvalue weighted by atomic mass is 35.5. The number of nitrogens with one attached hydrogen (secondary N) is 1. The van der Waals surface area contributed by atoms with E-state index in [9.17, 15) is 4.79 Å². The van der Waals surface area contributed by atoms with E-state index >= 15 is 0 Å². The molecular weight excluding hydrogens is 228 g/mol. The minimum absolute atomic E-state index is 0.0260. The van der Waals surface area contributed by atoms with Crippen molar-refractivity contribution < 1.29 is 9.90 Å². The van der Waals surface area contributed by atoms with Crippen molar-refractivity contribution in [3.63, 3.8) is 0 Å². The first-order chi connectivity index (χ1) is 7.56. The molecule has 0 atom stereocenters. The molecule has 1 aromatic carbocycles. The van der Waals surface area contributed by atoms with Gasteiger partial charge in [0.1, 0.15) is 0 Å². The van der Waals surface area contributed by atoms with Gasteiger partial charge in [0.15, 0.2) is 0 Å². The van der Waals surface area contributed by atoms with E-state index in [1.165, 1.54) is 6.07 Å². The van der Waals surface area contributed by atoms with Gasteiger partial charge in [-0.3, -0.25) is 4.79 Å². The van der Waals surface area contributed by atoms with Crippen molar-refractivity contribution in [3.8, 4) is 0 Å². The number of hydrogen-bond acceptors (Lipinski definition) is 3. The molecule has 1 fully saturated rings. The van der Waals surface area contributed by atoms with Gasteiger partial charge < -0.3 is 16.2 Å². The largest absolute Gasteiger partial charge is 0.398 e. The zero-order valence-electron chi connectivity index (χ0n) is 8.66. The number of nitrogens with two attached hydrogens (primary N) is 1. The summed E-state index contributed by atoms with van der Waals surface area (Å²) in [5.74, 6) is -0.227. The van der Waals surface area contributed by atoms with Gasteiger partial charge in [-0.2, -0.15) is 0 Å². The summed E-state index contributed by atoms with van der Waals surface area (Å²) in [6.07, 6.45) is 1.64. The standard InChI is InChI=1S/C11H13ClN2O2/c12-8-2-1-7(5-9(8)13)10(16)14-11(6-15)3-4-11/h1-2,5,15H,3-4,6,13H2,(H,14,16). The quantitative estimate of drug-likeness (QED) is 0.695. The molecular formula is C11H13ClN2O2. The van der Waals surface area contributed by atoms with Crippen LogP contribution >= 0.6 is 11.6 Å². The van der Waals surface area contributed by atoms with Gasteiger partial charge in [0.2, 0.25) is 0 Å². The topological polar surface area (TPSA) is 75.4 Å². The van der Waals surface area contributed by atoms with Crippen molar-refractivity contribution in [2.45, 2.75) is 18.4 Å². The maximum atomic E-state index is 11.8. The summed E-state index contributed by atoms with van der Waals surface area (Å²) >= 11 is 5.76. The fourth-order valence-electron chi connectivity index (χ4n) is 1.47. The molecule has 0 aliphatic heterocycles. The van der Waals surface area contributed by atoms with Crippen molar-refractivity contribution in [1.29, 1.82) is 0 Å². The molecule has 1 aliphatic rings. The minimum atomic E-state index is -0.411. The number of halogens is 1. The Bertz CT molecular complexity index is 430. The molecule has 4 N–H and O–H groups in total. The number of carbonyl (C=O) groups excluding carboxylic acids is 1. The monoisotopic (exact) mass is 240 g/mol. The molecule has 0 bridgehead atoms. The number of aliphatic hydroxyl groups is 1. The van der Waals surface area contributed by atoms with E-state index in [2.05, 4.69) is 5.32 Å². The molecule has 86 valence electrons. The van der Waals surface area contributed by atoms with Crippen LogP contribution in [0.2, 0.25) is 5.02 Å². The first-order valence-electron chi connectivity index (χ1n) is 5.05. The Hall–Kier alpha value is -1.26. The Labute approximate surface area is 98.4 Å². The molecule has 0 spiro atoms. The third-order valence-electron chi connectivity index (χ3n) is 2.79. The van der Waals surface area contributed by atoms with Gasteiger partial charge in [0.25, 0.3) is 5.91 Å². The van der Waals surface area contributed by atoms with Crippen LogP contribution in [-0.4, -0.2) is 23.2 Å². The molecule has 16 heavy (non-hydrogen) atoms. The predicted octanol–water partition coefficient (Wildman–Crippen LogP) is 1.18. The van der Waals surface area contributed by atoms with Crippen molar-refractivity contribution in [1.82, 2.24) is 5.32 Å². The average Bonchev–Trinajstić information content (AvgIpc) is 3.02. The number of amides is 1. The summed E-state index contributed by atoms with van der Waals surface area (Å²) in [4.78, 5) is 11.8. The van der Waals surface area contributed by atoms with Crippen molar-refractivity contribution in [2.75, 3.05) is 12.3 Å². The molecule has 1 aromatic rings. The smallest absolute Gasteiger partial charge is 0.251 e. The van der Waals surface area contributed by atoms with Crippen LogP contribution in [0.15, 0.2) is 18.2 Å². The van der Waals surface area contributed by atoms with Crippen molar-refractivity contribution >= 4 is 23.2 Å². The molecule has 4 nitrogen and oxygen atoms in total. The molecule has 0 aromatic heterocycles. The Morgan fingerprint density at radius 3 is 2.75 bits per heavy atom. The van der Waals surface area contributed by atoms with E-state index in [4.69, 9.17) is 22.4 Å². The summed E-state index contributed by atoms with van der Waals surface area (Å²) in [5.41, 5.74) is 6.04. The molecule has 0 saturated heterocycles. The lowest BCUT2D eigenvalue weighted by molar-refractivity contribution is 0.0907. The van der Waals surface area contributed by atoms with E-state index in [1.54, 1.807) is 12.1 Å². The van der Waals surface area contributed by atoms with E-state index in [0.29, 0.717) is 16.3 Å². The van der Waals surface area contributed by atoms with Gasteiger partial charge in [-0.1, -0.05) is 11.6 Å². The maximum absolute atomic E-state index is 11.8. The zero-order chi connectivity index (χ0) is 11.8. The second-order valence-corrected chi connectivity index (χ2v) is 4.54. The molecule has 2 rings (SSSR count).